The summed E-state index contributed by atoms with van der Waals surface area (Å²) >= 11 is 0. The summed E-state index contributed by atoms with van der Waals surface area (Å²) in [7, 11) is 0. The maximum absolute atomic E-state index is 10.7. The number of fused-ring (bicyclic) bond motifs is 1. The fraction of sp³-hybridized carbons (Fsp3) is 0.125. The maximum atomic E-state index is 10.7. The number of ether oxygens (including phenoxy) is 1. The second-order valence-corrected chi connectivity index (χ2v) is 4.92. The molecule has 0 aliphatic rings. The molecule has 0 bridgehead atoms. The van der Waals surface area contributed by atoms with Crippen molar-refractivity contribution >= 4 is 16.7 Å². The minimum atomic E-state index is -0.445. The van der Waals surface area contributed by atoms with Crippen molar-refractivity contribution in [3.63, 3.8) is 0 Å². The van der Waals surface area contributed by atoms with Crippen LogP contribution in [0.1, 0.15) is 11.3 Å². The highest BCUT2D eigenvalue weighted by atomic mass is 16.6. The summed E-state index contributed by atoms with van der Waals surface area (Å²) in [5.41, 5.74) is 3.42. The molecule has 0 spiro atoms. The smallest absolute Gasteiger partial charge is 0.269 e. The molecule has 0 unspecified atom stereocenters. The average Bonchev–Trinajstić information content (AvgIpc) is 2.50. The van der Waals surface area contributed by atoms with Crippen LogP contribution in [0.25, 0.3) is 11.0 Å². The Labute approximate surface area is 126 Å². The van der Waals surface area contributed by atoms with Crippen molar-refractivity contribution < 1.29 is 9.66 Å². The van der Waals surface area contributed by atoms with Crippen molar-refractivity contribution in [1.82, 2.24) is 9.97 Å². The molecule has 0 N–H and O–H groups in total. The molecule has 3 aromatic rings. The zero-order valence-electron chi connectivity index (χ0n) is 12.1. The van der Waals surface area contributed by atoms with Crippen LogP contribution in [0.5, 0.6) is 11.5 Å². The van der Waals surface area contributed by atoms with Gasteiger partial charge in [0.2, 0.25) is 0 Å². The first-order valence-corrected chi connectivity index (χ1v) is 6.70. The molecule has 6 nitrogen and oxygen atoms in total. The molecule has 1 aromatic carbocycles. The predicted octanol–water partition coefficient (Wildman–Crippen LogP) is 3.95. The van der Waals surface area contributed by atoms with Crippen LogP contribution in [-0.2, 0) is 0 Å². The lowest BCUT2D eigenvalue weighted by Crippen LogP contribution is -1.94. The molecule has 2 aromatic heterocycles. The fourth-order valence-corrected chi connectivity index (χ4v) is 2.08. The van der Waals surface area contributed by atoms with E-state index in [0.29, 0.717) is 17.0 Å². The minimum absolute atomic E-state index is 0.0246. The van der Waals surface area contributed by atoms with Crippen molar-refractivity contribution in [2.75, 3.05) is 0 Å². The lowest BCUT2D eigenvalue weighted by molar-refractivity contribution is -0.384. The topological polar surface area (TPSA) is 78.2 Å². The van der Waals surface area contributed by atoms with Crippen molar-refractivity contribution in [3.05, 3.63) is 64.0 Å². The van der Waals surface area contributed by atoms with Gasteiger partial charge in [-0.2, -0.15) is 0 Å². The standard InChI is InChI=1S/C16H13N3O3/c1-10-9-14-16(18-11(10)2)15(7-8-17-14)22-13-5-3-12(4-6-13)19(20)21/h3-9H,1-2H3. The molecule has 3 rings (SSSR count). The Morgan fingerprint density at radius 2 is 1.86 bits per heavy atom. The molecule has 0 aliphatic heterocycles. The minimum Gasteiger partial charge on any atom is -0.455 e. The van der Waals surface area contributed by atoms with Gasteiger partial charge in [0.1, 0.15) is 11.3 Å². The molecule has 0 saturated heterocycles. The summed E-state index contributed by atoms with van der Waals surface area (Å²) in [6, 6.07) is 9.62. The average molecular weight is 295 g/mol. The van der Waals surface area contributed by atoms with Gasteiger partial charge in [0.25, 0.3) is 5.69 Å². The van der Waals surface area contributed by atoms with Gasteiger partial charge >= 0.3 is 0 Å². The van der Waals surface area contributed by atoms with E-state index in [1.165, 1.54) is 12.1 Å². The Morgan fingerprint density at radius 1 is 1.14 bits per heavy atom. The molecule has 0 aliphatic carbocycles. The molecule has 110 valence electrons. The van der Waals surface area contributed by atoms with Gasteiger partial charge in [0.05, 0.1) is 10.4 Å². The number of nitro benzene ring substituents is 1. The van der Waals surface area contributed by atoms with Gasteiger partial charge in [-0.3, -0.25) is 15.1 Å². The molecule has 6 heteroatoms. The molecular weight excluding hydrogens is 282 g/mol. The highest BCUT2D eigenvalue weighted by Gasteiger charge is 2.09. The summed E-state index contributed by atoms with van der Waals surface area (Å²) in [6.45, 7) is 3.91. The Balaban J connectivity index is 2.00. The monoisotopic (exact) mass is 295 g/mol. The fourth-order valence-electron chi connectivity index (χ4n) is 2.08. The number of aromatic nitrogens is 2. The predicted molar refractivity (Wildman–Crippen MR) is 82.2 cm³/mol. The molecular formula is C16H13N3O3. The van der Waals surface area contributed by atoms with Crippen LogP contribution >= 0.6 is 0 Å². The third-order valence-electron chi connectivity index (χ3n) is 3.39. The second-order valence-electron chi connectivity index (χ2n) is 4.92. The number of nitro groups is 1. The summed E-state index contributed by atoms with van der Waals surface area (Å²) in [4.78, 5) is 19.0. The van der Waals surface area contributed by atoms with Crippen LogP contribution in [0.3, 0.4) is 0 Å². The van der Waals surface area contributed by atoms with Crippen LogP contribution in [0.4, 0.5) is 5.69 Å². The quantitative estimate of drug-likeness (QED) is 0.540. The summed E-state index contributed by atoms with van der Waals surface area (Å²) in [6.07, 6.45) is 1.65. The van der Waals surface area contributed by atoms with Crippen LogP contribution in [0, 0.1) is 24.0 Å². The Morgan fingerprint density at radius 3 is 2.55 bits per heavy atom. The number of benzene rings is 1. The maximum Gasteiger partial charge on any atom is 0.269 e. The van der Waals surface area contributed by atoms with Crippen LogP contribution in [-0.4, -0.2) is 14.9 Å². The first-order valence-electron chi connectivity index (χ1n) is 6.70. The lowest BCUT2D eigenvalue weighted by atomic mass is 10.2. The number of nitrogens with zero attached hydrogens (tertiary/aromatic N) is 3. The van der Waals surface area contributed by atoms with Gasteiger partial charge in [0.15, 0.2) is 5.75 Å². The van der Waals surface area contributed by atoms with Crippen molar-refractivity contribution in [1.29, 1.82) is 0 Å². The number of non-ortho nitro benzene ring substituents is 1. The zero-order chi connectivity index (χ0) is 15.7. The molecule has 22 heavy (non-hydrogen) atoms. The summed E-state index contributed by atoms with van der Waals surface area (Å²) < 4.78 is 5.80. The Kier molecular flexibility index (Phi) is 3.42. The molecule has 0 fully saturated rings. The first-order chi connectivity index (χ1) is 10.5. The van der Waals surface area contributed by atoms with Crippen LogP contribution in [0.15, 0.2) is 42.6 Å². The number of pyridine rings is 2. The highest BCUT2D eigenvalue weighted by molar-refractivity contribution is 5.81. The number of hydrogen-bond acceptors (Lipinski definition) is 5. The van der Waals surface area contributed by atoms with Crippen LogP contribution < -0.4 is 4.74 Å². The Bertz CT molecular complexity index is 860. The van der Waals surface area contributed by atoms with Crippen molar-refractivity contribution in [3.8, 4) is 11.5 Å². The van der Waals surface area contributed by atoms with E-state index in [0.717, 1.165) is 16.8 Å². The third kappa shape index (κ3) is 2.58. The molecule has 0 saturated carbocycles. The lowest BCUT2D eigenvalue weighted by Gasteiger charge is -2.09. The van der Waals surface area contributed by atoms with E-state index in [-0.39, 0.29) is 5.69 Å². The number of hydrogen-bond donors (Lipinski definition) is 0. The van der Waals surface area contributed by atoms with E-state index in [1.54, 1.807) is 24.4 Å². The largest absolute Gasteiger partial charge is 0.455 e. The van der Waals surface area contributed by atoms with E-state index in [4.69, 9.17) is 4.74 Å². The molecule has 2 heterocycles. The van der Waals surface area contributed by atoms with Gasteiger partial charge in [-0.1, -0.05) is 0 Å². The van der Waals surface area contributed by atoms with E-state index in [1.807, 2.05) is 19.9 Å². The van der Waals surface area contributed by atoms with E-state index < -0.39 is 4.92 Å². The van der Waals surface area contributed by atoms with Crippen molar-refractivity contribution in [2.24, 2.45) is 0 Å². The summed E-state index contributed by atoms with van der Waals surface area (Å²) in [5, 5.41) is 10.7. The van der Waals surface area contributed by atoms with Gasteiger partial charge in [-0.05, 0) is 37.6 Å². The highest BCUT2D eigenvalue weighted by Crippen LogP contribution is 2.29. The molecule has 0 amide bonds. The molecule has 0 atom stereocenters. The SMILES string of the molecule is Cc1cc2nccc(Oc3ccc([N+](=O)[O-])cc3)c2nc1C. The second kappa shape index (κ2) is 5.40. The number of rotatable bonds is 3. The van der Waals surface area contributed by atoms with E-state index >= 15 is 0 Å². The van der Waals surface area contributed by atoms with Gasteiger partial charge in [0, 0.05) is 30.1 Å². The van der Waals surface area contributed by atoms with Crippen LogP contribution in [0.2, 0.25) is 0 Å². The third-order valence-corrected chi connectivity index (χ3v) is 3.39. The zero-order valence-corrected chi connectivity index (χ0v) is 12.1. The van der Waals surface area contributed by atoms with Gasteiger partial charge < -0.3 is 4.74 Å². The number of aryl methyl sites for hydroxylation is 2. The van der Waals surface area contributed by atoms with Gasteiger partial charge in [-0.25, -0.2) is 4.98 Å². The normalized spacial score (nSPS) is 10.6. The summed E-state index contributed by atoms with van der Waals surface area (Å²) in [5.74, 6) is 1.08. The van der Waals surface area contributed by atoms with Crippen molar-refractivity contribution in [2.45, 2.75) is 13.8 Å². The van der Waals surface area contributed by atoms with E-state index in [9.17, 15) is 10.1 Å². The molecule has 0 radical (unpaired) electrons. The Hall–Kier alpha value is -3.02. The van der Waals surface area contributed by atoms with Gasteiger partial charge in [-0.15, -0.1) is 0 Å². The first kappa shape index (κ1) is 13.9. The van der Waals surface area contributed by atoms with E-state index in [2.05, 4.69) is 9.97 Å².